The van der Waals surface area contributed by atoms with Crippen molar-refractivity contribution in [2.45, 2.75) is 26.7 Å². The molecule has 0 aliphatic rings. The number of halogens is 1. The predicted molar refractivity (Wildman–Crippen MR) is 78.3 cm³/mol. The highest BCUT2D eigenvalue weighted by molar-refractivity contribution is 6.29. The summed E-state index contributed by atoms with van der Waals surface area (Å²) in [6.45, 7) is 4.31. The number of rotatable bonds is 7. The topological polar surface area (TPSA) is 105 Å². The van der Waals surface area contributed by atoms with Gasteiger partial charge in [0.25, 0.3) is 11.6 Å². The van der Waals surface area contributed by atoms with Crippen LogP contribution in [0.1, 0.15) is 37.0 Å². The van der Waals surface area contributed by atoms with E-state index in [1.165, 1.54) is 6.07 Å². The van der Waals surface area contributed by atoms with Crippen molar-refractivity contribution in [3.05, 3.63) is 33.1 Å². The van der Waals surface area contributed by atoms with Gasteiger partial charge in [0.05, 0.1) is 4.92 Å². The number of nitrogens with one attached hydrogen (secondary N) is 1. The van der Waals surface area contributed by atoms with Crippen molar-refractivity contribution >= 4 is 23.2 Å². The molecule has 1 rings (SSSR count). The zero-order valence-electron chi connectivity index (χ0n) is 11.9. The van der Waals surface area contributed by atoms with Gasteiger partial charge in [0.1, 0.15) is 16.9 Å². The average Bonchev–Trinajstić information content (AvgIpc) is 2.42. The molecule has 1 aromatic heterocycles. The first-order chi connectivity index (χ1) is 9.76. The number of nitrogens with zero attached hydrogens (tertiary/aromatic N) is 2. The van der Waals surface area contributed by atoms with Gasteiger partial charge in [0, 0.05) is 13.2 Å². The number of amides is 1. The van der Waals surface area contributed by atoms with Crippen molar-refractivity contribution in [3.8, 4) is 0 Å². The third kappa shape index (κ3) is 5.28. The molecule has 1 heterocycles. The predicted octanol–water partition coefficient (Wildman–Crippen LogP) is 2.17. The molecule has 0 aliphatic heterocycles. The Hall–Kier alpha value is -1.73. The lowest BCUT2D eigenvalue weighted by molar-refractivity contribution is -0.385. The summed E-state index contributed by atoms with van der Waals surface area (Å²) in [5.74, 6) is -0.567. The lowest BCUT2D eigenvalue weighted by Crippen LogP contribution is -2.34. The summed E-state index contributed by atoms with van der Waals surface area (Å²) in [6, 6.07) is 1.18. The zero-order chi connectivity index (χ0) is 16.0. The molecule has 1 amide bonds. The number of nitro groups is 1. The maximum Gasteiger partial charge on any atom is 0.300 e. The number of carbonyl (C=O) groups is 1. The molecular formula is C13H18ClN3O4. The van der Waals surface area contributed by atoms with Crippen LogP contribution in [0.5, 0.6) is 0 Å². The Balaban J connectivity index is 2.80. The minimum absolute atomic E-state index is 0.0188. The van der Waals surface area contributed by atoms with E-state index in [0.29, 0.717) is 13.0 Å². The van der Waals surface area contributed by atoms with E-state index >= 15 is 0 Å². The third-order valence-electron chi connectivity index (χ3n) is 3.03. The molecule has 0 fully saturated rings. The van der Waals surface area contributed by atoms with E-state index < -0.39 is 10.8 Å². The Morgan fingerprint density at radius 1 is 1.57 bits per heavy atom. The smallest absolute Gasteiger partial charge is 0.300 e. The van der Waals surface area contributed by atoms with Gasteiger partial charge in [0.2, 0.25) is 0 Å². The number of pyridine rings is 1. The lowest BCUT2D eigenvalue weighted by Gasteiger charge is -2.24. The van der Waals surface area contributed by atoms with Gasteiger partial charge in [-0.25, -0.2) is 4.98 Å². The van der Waals surface area contributed by atoms with Crippen molar-refractivity contribution in [1.82, 2.24) is 10.3 Å². The van der Waals surface area contributed by atoms with Crippen LogP contribution in [0.4, 0.5) is 5.69 Å². The van der Waals surface area contributed by atoms with Gasteiger partial charge < -0.3 is 10.4 Å². The fourth-order valence-corrected chi connectivity index (χ4v) is 1.97. The van der Waals surface area contributed by atoms with Crippen LogP contribution in [0.25, 0.3) is 0 Å². The third-order valence-corrected chi connectivity index (χ3v) is 3.24. The molecule has 0 aliphatic carbocycles. The van der Waals surface area contributed by atoms with Crippen LogP contribution >= 0.6 is 11.6 Å². The van der Waals surface area contributed by atoms with Crippen LogP contribution in [0, 0.1) is 15.5 Å². The summed E-state index contributed by atoms with van der Waals surface area (Å²) in [5.41, 5.74) is -0.715. The quantitative estimate of drug-likeness (QED) is 0.456. The van der Waals surface area contributed by atoms with Crippen LogP contribution in [0.3, 0.4) is 0 Å². The van der Waals surface area contributed by atoms with Crippen LogP contribution in [-0.4, -0.2) is 34.1 Å². The average molecular weight is 316 g/mol. The van der Waals surface area contributed by atoms with E-state index in [4.69, 9.17) is 16.7 Å². The molecule has 1 aromatic rings. The molecule has 0 unspecified atom stereocenters. The van der Waals surface area contributed by atoms with Gasteiger partial charge in [-0.1, -0.05) is 25.4 Å². The van der Waals surface area contributed by atoms with E-state index in [-0.39, 0.29) is 28.4 Å². The second kappa shape index (κ2) is 7.33. The van der Waals surface area contributed by atoms with Crippen molar-refractivity contribution in [2.75, 3.05) is 13.2 Å². The molecule has 0 radical (unpaired) electrons. The minimum Gasteiger partial charge on any atom is -0.396 e. The second-order valence-corrected chi connectivity index (χ2v) is 5.84. The number of aliphatic hydroxyl groups is 1. The molecule has 7 nitrogen and oxygen atoms in total. The van der Waals surface area contributed by atoms with E-state index in [2.05, 4.69) is 10.3 Å². The number of aliphatic hydroxyl groups excluding tert-OH is 1. The maximum absolute atomic E-state index is 12.1. The van der Waals surface area contributed by atoms with E-state index in [1.807, 2.05) is 13.8 Å². The van der Waals surface area contributed by atoms with Crippen LogP contribution < -0.4 is 5.32 Å². The van der Waals surface area contributed by atoms with Crippen LogP contribution in [0.15, 0.2) is 12.3 Å². The fraction of sp³-hybridized carbons (Fsp3) is 0.538. The fourth-order valence-electron chi connectivity index (χ4n) is 1.81. The lowest BCUT2D eigenvalue weighted by atomic mass is 9.88. The van der Waals surface area contributed by atoms with Gasteiger partial charge in [-0.05, 0) is 24.3 Å². The van der Waals surface area contributed by atoms with E-state index in [1.54, 1.807) is 0 Å². The Bertz CT molecular complexity index is 534. The van der Waals surface area contributed by atoms with Crippen LogP contribution in [0.2, 0.25) is 5.15 Å². The summed E-state index contributed by atoms with van der Waals surface area (Å²) >= 11 is 5.68. The van der Waals surface area contributed by atoms with Crippen LogP contribution in [-0.2, 0) is 0 Å². The Morgan fingerprint density at radius 3 is 2.81 bits per heavy atom. The second-order valence-electron chi connectivity index (χ2n) is 5.46. The number of carbonyl (C=O) groups excluding carboxylic acids is 1. The van der Waals surface area contributed by atoms with Crippen molar-refractivity contribution in [3.63, 3.8) is 0 Å². The highest BCUT2D eigenvalue weighted by atomic mass is 35.5. The largest absolute Gasteiger partial charge is 0.396 e. The molecule has 0 saturated carbocycles. The molecule has 0 saturated heterocycles. The molecular weight excluding hydrogens is 298 g/mol. The molecule has 2 N–H and O–H groups in total. The van der Waals surface area contributed by atoms with Gasteiger partial charge in [0.15, 0.2) is 0 Å². The summed E-state index contributed by atoms with van der Waals surface area (Å²) in [6.07, 6.45) is 2.32. The standard InChI is InChI=1S/C13H18ClN3O4/c1-13(2,4-3-5-18)8-16-12(19)9-6-11(14)15-7-10(9)17(20)21/h6-7,18H,3-5,8H2,1-2H3,(H,16,19). The molecule has 116 valence electrons. The Kier molecular flexibility index (Phi) is 6.04. The molecule has 0 bridgehead atoms. The summed E-state index contributed by atoms with van der Waals surface area (Å²) in [5, 5.41) is 22.4. The van der Waals surface area contributed by atoms with Gasteiger partial charge in [-0.3, -0.25) is 14.9 Å². The molecule has 21 heavy (non-hydrogen) atoms. The van der Waals surface area contributed by atoms with Crippen molar-refractivity contribution < 1.29 is 14.8 Å². The maximum atomic E-state index is 12.1. The number of hydrogen-bond acceptors (Lipinski definition) is 5. The van der Waals surface area contributed by atoms with Gasteiger partial charge in [-0.15, -0.1) is 0 Å². The Morgan fingerprint density at radius 2 is 2.24 bits per heavy atom. The molecule has 0 atom stereocenters. The first-order valence-electron chi connectivity index (χ1n) is 6.46. The van der Waals surface area contributed by atoms with Gasteiger partial charge >= 0.3 is 0 Å². The number of aromatic nitrogens is 1. The normalized spacial score (nSPS) is 11.2. The first-order valence-corrected chi connectivity index (χ1v) is 6.83. The SMILES string of the molecule is CC(C)(CCCO)CNC(=O)c1cc(Cl)ncc1[N+](=O)[O-]. The summed E-state index contributed by atoms with van der Waals surface area (Å²) < 4.78 is 0. The highest BCUT2D eigenvalue weighted by Gasteiger charge is 2.24. The summed E-state index contributed by atoms with van der Waals surface area (Å²) in [7, 11) is 0. The minimum atomic E-state index is -0.671. The molecule has 8 heteroatoms. The number of hydrogen-bond donors (Lipinski definition) is 2. The monoisotopic (exact) mass is 315 g/mol. The summed E-state index contributed by atoms with van der Waals surface area (Å²) in [4.78, 5) is 25.9. The zero-order valence-corrected chi connectivity index (χ0v) is 12.7. The Labute approximate surface area is 127 Å². The first kappa shape index (κ1) is 17.3. The van der Waals surface area contributed by atoms with E-state index in [0.717, 1.165) is 12.6 Å². The van der Waals surface area contributed by atoms with Gasteiger partial charge in [-0.2, -0.15) is 0 Å². The van der Waals surface area contributed by atoms with E-state index in [9.17, 15) is 14.9 Å². The molecule has 0 aromatic carbocycles. The highest BCUT2D eigenvalue weighted by Crippen LogP contribution is 2.23. The molecule has 0 spiro atoms. The van der Waals surface area contributed by atoms with Crippen molar-refractivity contribution in [1.29, 1.82) is 0 Å². The van der Waals surface area contributed by atoms with Crippen molar-refractivity contribution in [2.24, 2.45) is 5.41 Å².